The lowest BCUT2D eigenvalue weighted by atomic mass is 9.89. The minimum Gasteiger partial charge on any atom is -0.304 e. The molecule has 2 aromatic carbocycles. The van der Waals surface area contributed by atoms with Crippen LogP contribution in [0.5, 0.6) is 0 Å². The summed E-state index contributed by atoms with van der Waals surface area (Å²) in [6.45, 7) is 0.608. The highest BCUT2D eigenvalue weighted by Gasteiger charge is 2.45. The molecule has 2 aromatic rings. The Kier molecular flexibility index (Phi) is 2.90. The van der Waals surface area contributed by atoms with Crippen LogP contribution in [0.3, 0.4) is 0 Å². The number of benzene rings is 2. The zero-order valence-electron chi connectivity index (χ0n) is 10.3. The molecule has 2 N–H and O–H groups in total. The molecule has 1 aliphatic carbocycles. The fourth-order valence-electron chi connectivity index (χ4n) is 2.62. The summed E-state index contributed by atoms with van der Waals surface area (Å²) in [5.74, 6) is 5.28. The molecule has 0 aromatic heterocycles. The molecule has 0 atom stereocenters. The van der Waals surface area contributed by atoms with E-state index in [1.807, 2.05) is 6.07 Å². The molecule has 92 valence electrons. The first-order valence-electron chi connectivity index (χ1n) is 6.32. The molecule has 0 spiro atoms. The van der Waals surface area contributed by atoms with Gasteiger partial charge in [0, 0.05) is 5.41 Å². The highest BCUT2D eigenvalue weighted by atomic mass is 16.6. The van der Waals surface area contributed by atoms with Crippen LogP contribution in [0.2, 0.25) is 0 Å². The molecule has 2 heteroatoms. The van der Waals surface area contributed by atoms with Crippen molar-refractivity contribution >= 4 is 0 Å². The third-order valence-electron chi connectivity index (χ3n) is 3.80. The van der Waals surface area contributed by atoms with Gasteiger partial charge in [-0.15, -0.1) is 0 Å². The van der Waals surface area contributed by atoms with Crippen LogP contribution in [0.4, 0.5) is 0 Å². The van der Waals surface area contributed by atoms with E-state index in [4.69, 9.17) is 10.7 Å². The lowest BCUT2D eigenvalue weighted by Crippen LogP contribution is -2.18. The molecule has 0 bridgehead atoms. The quantitative estimate of drug-likeness (QED) is 0.831. The zero-order valence-corrected chi connectivity index (χ0v) is 10.3. The van der Waals surface area contributed by atoms with Gasteiger partial charge in [0.1, 0.15) is 0 Å². The molecule has 3 rings (SSSR count). The molecule has 0 aliphatic heterocycles. The van der Waals surface area contributed by atoms with Crippen molar-refractivity contribution < 1.29 is 4.84 Å². The Labute approximate surface area is 107 Å². The van der Waals surface area contributed by atoms with Crippen molar-refractivity contribution in [3.8, 4) is 11.1 Å². The van der Waals surface area contributed by atoms with Crippen molar-refractivity contribution in [1.82, 2.24) is 0 Å². The Morgan fingerprint density at radius 3 is 2.28 bits per heavy atom. The number of hydrogen-bond acceptors (Lipinski definition) is 2. The van der Waals surface area contributed by atoms with Gasteiger partial charge in [0.2, 0.25) is 0 Å². The Balaban J connectivity index is 2.06. The first-order chi connectivity index (χ1) is 8.86. The van der Waals surface area contributed by atoms with Gasteiger partial charge in [0.25, 0.3) is 0 Å². The van der Waals surface area contributed by atoms with E-state index in [1.54, 1.807) is 0 Å². The van der Waals surface area contributed by atoms with Gasteiger partial charge in [0.15, 0.2) is 0 Å². The van der Waals surface area contributed by atoms with Crippen molar-refractivity contribution in [2.45, 2.75) is 18.3 Å². The second-order valence-electron chi connectivity index (χ2n) is 5.00. The summed E-state index contributed by atoms with van der Waals surface area (Å²) in [4.78, 5) is 4.91. The van der Waals surface area contributed by atoms with Crippen molar-refractivity contribution in [1.29, 1.82) is 0 Å². The zero-order chi connectivity index (χ0) is 12.4. The molecular weight excluding hydrogens is 222 g/mol. The van der Waals surface area contributed by atoms with Gasteiger partial charge in [-0.25, -0.2) is 5.90 Å². The topological polar surface area (TPSA) is 35.2 Å². The van der Waals surface area contributed by atoms with E-state index in [9.17, 15) is 0 Å². The van der Waals surface area contributed by atoms with E-state index in [0.717, 1.165) is 12.8 Å². The Morgan fingerprint density at radius 1 is 0.944 bits per heavy atom. The van der Waals surface area contributed by atoms with Gasteiger partial charge in [-0.2, -0.15) is 0 Å². The maximum absolute atomic E-state index is 5.28. The molecule has 18 heavy (non-hydrogen) atoms. The second-order valence-corrected chi connectivity index (χ2v) is 5.00. The Morgan fingerprint density at radius 2 is 1.61 bits per heavy atom. The molecule has 1 saturated carbocycles. The summed E-state index contributed by atoms with van der Waals surface area (Å²) >= 11 is 0. The molecule has 2 nitrogen and oxygen atoms in total. The average molecular weight is 239 g/mol. The molecule has 0 radical (unpaired) electrons. The van der Waals surface area contributed by atoms with Crippen molar-refractivity contribution in [2.75, 3.05) is 6.61 Å². The van der Waals surface area contributed by atoms with Crippen LogP contribution in [0.1, 0.15) is 18.4 Å². The summed E-state index contributed by atoms with van der Waals surface area (Å²) in [5, 5.41) is 0. The third-order valence-corrected chi connectivity index (χ3v) is 3.80. The van der Waals surface area contributed by atoms with Gasteiger partial charge < -0.3 is 4.84 Å². The SMILES string of the molecule is NOCC1(c2ccccc2-c2ccccc2)CC1. The second kappa shape index (κ2) is 4.56. The van der Waals surface area contributed by atoms with Crippen LogP contribution in [-0.2, 0) is 10.3 Å². The maximum Gasteiger partial charge on any atom is 0.0776 e. The monoisotopic (exact) mass is 239 g/mol. The van der Waals surface area contributed by atoms with E-state index >= 15 is 0 Å². The van der Waals surface area contributed by atoms with E-state index in [2.05, 4.69) is 48.5 Å². The van der Waals surface area contributed by atoms with Gasteiger partial charge >= 0.3 is 0 Å². The predicted molar refractivity (Wildman–Crippen MR) is 72.9 cm³/mol. The van der Waals surface area contributed by atoms with E-state index in [0.29, 0.717) is 6.61 Å². The van der Waals surface area contributed by atoms with E-state index in [1.165, 1.54) is 16.7 Å². The number of rotatable bonds is 4. The van der Waals surface area contributed by atoms with Crippen molar-refractivity contribution in [3.63, 3.8) is 0 Å². The first-order valence-corrected chi connectivity index (χ1v) is 6.32. The van der Waals surface area contributed by atoms with Gasteiger partial charge in [-0.05, 0) is 29.5 Å². The summed E-state index contributed by atoms with van der Waals surface area (Å²) in [6, 6.07) is 19.1. The highest BCUT2D eigenvalue weighted by molar-refractivity contribution is 5.69. The molecule has 0 amide bonds. The standard InChI is InChI=1S/C16H17NO/c17-18-12-16(10-11-16)15-9-5-4-8-14(15)13-6-2-1-3-7-13/h1-9H,10-12,17H2. The summed E-state index contributed by atoms with van der Waals surface area (Å²) in [5.41, 5.74) is 4.06. The van der Waals surface area contributed by atoms with Gasteiger partial charge in [0.05, 0.1) is 6.61 Å². The Bertz CT molecular complexity index is 532. The van der Waals surface area contributed by atoms with Crippen molar-refractivity contribution in [3.05, 3.63) is 60.2 Å². The molecule has 1 fully saturated rings. The fraction of sp³-hybridized carbons (Fsp3) is 0.250. The van der Waals surface area contributed by atoms with Crippen LogP contribution < -0.4 is 5.90 Å². The normalized spacial score (nSPS) is 16.5. The summed E-state index contributed by atoms with van der Waals surface area (Å²) < 4.78 is 0. The minimum absolute atomic E-state index is 0.140. The van der Waals surface area contributed by atoms with Crippen LogP contribution >= 0.6 is 0 Å². The van der Waals surface area contributed by atoms with Gasteiger partial charge in [-0.1, -0.05) is 54.6 Å². The van der Waals surface area contributed by atoms with Crippen molar-refractivity contribution in [2.24, 2.45) is 5.90 Å². The smallest absolute Gasteiger partial charge is 0.0776 e. The molecule has 0 unspecified atom stereocenters. The lowest BCUT2D eigenvalue weighted by molar-refractivity contribution is 0.116. The van der Waals surface area contributed by atoms with Gasteiger partial charge in [-0.3, -0.25) is 0 Å². The van der Waals surface area contributed by atoms with Crippen LogP contribution in [0, 0.1) is 0 Å². The fourth-order valence-corrected chi connectivity index (χ4v) is 2.62. The minimum atomic E-state index is 0.140. The summed E-state index contributed by atoms with van der Waals surface area (Å²) in [6.07, 6.45) is 2.32. The van der Waals surface area contributed by atoms with Crippen LogP contribution in [0.25, 0.3) is 11.1 Å². The number of nitrogens with two attached hydrogens (primary N) is 1. The molecule has 1 aliphatic rings. The summed E-state index contributed by atoms with van der Waals surface area (Å²) in [7, 11) is 0. The average Bonchev–Trinajstić information content (AvgIpc) is 3.21. The number of hydrogen-bond donors (Lipinski definition) is 1. The van der Waals surface area contributed by atoms with E-state index < -0.39 is 0 Å². The highest BCUT2D eigenvalue weighted by Crippen LogP contribution is 2.51. The third kappa shape index (κ3) is 1.94. The predicted octanol–water partition coefficient (Wildman–Crippen LogP) is 3.28. The van der Waals surface area contributed by atoms with Crippen LogP contribution in [-0.4, -0.2) is 6.61 Å². The molecule has 0 saturated heterocycles. The maximum atomic E-state index is 5.28. The molecular formula is C16H17NO. The molecule has 0 heterocycles. The van der Waals surface area contributed by atoms with E-state index in [-0.39, 0.29) is 5.41 Å². The lowest BCUT2D eigenvalue weighted by Gasteiger charge is -2.18. The van der Waals surface area contributed by atoms with Crippen LogP contribution in [0.15, 0.2) is 54.6 Å². The largest absolute Gasteiger partial charge is 0.304 e. The first kappa shape index (κ1) is 11.5. The Hall–Kier alpha value is -1.64.